The number of aliphatic hydroxyl groups is 2. The van der Waals surface area contributed by atoms with Crippen molar-refractivity contribution in [2.24, 2.45) is 10.8 Å². The van der Waals surface area contributed by atoms with Crippen LogP contribution < -0.4 is 0 Å². The van der Waals surface area contributed by atoms with Gasteiger partial charge in [-0.3, -0.25) is 4.98 Å². The average Bonchev–Trinajstić information content (AvgIpc) is 2.84. The molecule has 1 saturated heterocycles. The molecular weight excluding hydrogens is 458 g/mol. The highest BCUT2D eigenvalue weighted by atomic mass is 16.5. The van der Waals surface area contributed by atoms with Crippen LogP contribution >= 0.6 is 0 Å². The van der Waals surface area contributed by atoms with E-state index in [0.29, 0.717) is 6.42 Å². The summed E-state index contributed by atoms with van der Waals surface area (Å²) < 4.78 is 5.60. The van der Waals surface area contributed by atoms with Gasteiger partial charge < -0.3 is 14.9 Å². The summed E-state index contributed by atoms with van der Waals surface area (Å²) in [6.07, 6.45) is 10.7. The average molecular weight is 514 g/mol. The van der Waals surface area contributed by atoms with Crippen molar-refractivity contribution < 1.29 is 14.9 Å². The minimum absolute atomic E-state index is 0.00308. The van der Waals surface area contributed by atoms with E-state index in [1.807, 2.05) is 39.8 Å². The molecule has 2 unspecified atom stereocenters. The molecule has 4 nitrogen and oxygen atoms in total. The fourth-order valence-electron chi connectivity index (χ4n) is 5.37. The maximum absolute atomic E-state index is 11.4. The van der Waals surface area contributed by atoms with E-state index in [9.17, 15) is 10.2 Å². The van der Waals surface area contributed by atoms with Gasteiger partial charge in [-0.1, -0.05) is 93.2 Å². The number of hydrogen-bond donors (Lipinski definition) is 2. The third-order valence-electron chi connectivity index (χ3n) is 7.14. The Kier molecular flexibility index (Phi) is 13.5. The zero-order chi connectivity index (χ0) is 28.4. The van der Waals surface area contributed by atoms with E-state index in [0.717, 1.165) is 67.0 Å². The van der Waals surface area contributed by atoms with Gasteiger partial charge in [0, 0.05) is 36.0 Å². The Balaban J connectivity index is 0.00000163. The number of ether oxygens (including phenoxy) is 1. The van der Waals surface area contributed by atoms with Crippen molar-refractivity contribution in [2.75, 3.05) is 13.2 Å². The molecule has 1 aromatic heterocycles. The number of allylic oxidation sites excluding steroid dienone is 4. The van der Waals surface area contributed by atoms with Crippen molar-refractivity contribution in [1.29, 1.82) is 0 Å². The van der Waals surface area contributed by atoms with Crippen LogP contribution in [0.1, 0.15) is 134 Å². The van der Waals surface area contributed by atoms with Gasteiger partial charge in [0.1, 0.15) is 0 Å². The van der Waals surface area contributed by atoms with Crippen molar-refractivity contribution in [1.82, 2.24) is 4.98 Å². The Labute approximate surface area is 228 Å². The molecule has 37 heavy (non-hydrogen) atoms. The van der Waals surface area contributed by atoms with Crippen LogP contribution in [0.3, 0.4) is 0 Å². The third-order valence-corrected chi connectivity index (χ3v) is 7.14. The van der Waals surface area contributed by atoms with Crippen LogP contribution in [0.5, 0.6) is 0 Å². The second-order valence-electron chi connectivity index (χ2n) is 11.6. The van der Waals surface area contributed by atoms with Gasteiger partial charge in [0.25, 0.3) is 0 Å². The van der Waals surface area contributed by atoms with E-state index in [1.54, 1.807) is 0 Å². The molecule has 0 radical (unpaired) electrons. The molecule has 0 bridgehead atoms. The highest BCUT2D eigenvalue weighted by molar-refractivity contribution is 5.45. The van der Waals surface area contributed by atoms with Crippen LogP contribution in [0.4, 0.5) is 0 Å². The Morgan fingerprint density at radius 3 is 2.30 bits per heavy atom. The summed E-state index contributed by atoms with van der Waals surface area (Å²) in [5.74, 6) is 0.282. The zero-order valence-electron chi connectivity index (χ0n) is 25.4. The lowest BCUT2D eigenvalue weighted by molar-refractivity contribution is 0.0817. The smallest absolute Gasteiger partial charge is 0.0844 e. The molecule has 0 aromatic carbocycles. The zero-order valence-corrected chi connectivity index (χ0v) is 25.4. The standard InChI is InChI=1S/C29H43NO3.2C2H6/c1-8-10-21(28(3,4)5)11-9-12-23(31)26-19(2)25-22(17-29(6,7)18-24(25)32)30-27(26)20-13-15-33-16-14-20;2*1-2/h8-11,20,23-24,31-32H,1,12-18H2,2-7H3;2*1-2H3/b11-9-,21-10+;;. The van der Waals surface area contributed by atoms with E-state index in [1.165, 1.54) is 5.57 Å². The quantitative estimate of drug-likeness (QED) is 0.374. The van der Waals surface area contributed by atoms with Crippen LogP contribution in [-0.4, -0.2) is 28.4 Å². The van der Waals surface area contributed by atoms with Crippen LogP contribution in [-0.2, 0) is 11.2 Å². The first-order valence-electron chi connectivity index (χ1n) is 14.4. The van der Waals surface area contributed by atoms with Crippen molar-refractivity contribution >= 4 is 0 Å². The van der Waals surface area contributed by atoms with E-state index >= 15 is 0 Å². The summed E-state index contributed by atoms with van der Waals surface area (Å²) in [5.41, 5.74) is 6.08. The van der Waals surface area contributed by atoms with Gasteiger partial charge in [0.2, 0.25) is 0 Å². The first-order valence-corrected chi connectivity index (χ1v) is 14.4. The van der Waals surface area contributed by atoms with Crippen molar-refractivity contribution in [3.05, 3.63) is 64.5 Å². The van der Waals surface area contributed by atoms with E-state index in [4.69, 9.17) is 9.72 Å². The van der Waals surface area contributed by atoms with Crippen molar-refractivity contribution in [3.8, 4) is 0 Å². The maximum Gasteiger partial charge on any atom is 0.0844 e. The van der Waals surface area contributed by atoms with E-state index < -0.39 is 12.2 Å². The summed E-state index contributed by atoms with van der Waals surface area (Å²) in [6.45, 7) is 26.3. The molecule has 0 saturated carbocycles. The summed E-state index contributed by atoms with van der Waals surface area (Å²) in [5, 5.41) is 22.4. The third kappa shape index (κ3) is 8.90. The molecule has 1 aliphatic carbocycles. The van der Waals surface area contributed by atoms with Gasteiger partial charge in [-0.25, -0.2) is 0 Å². The predicted octanol–water partition coefficient (Wildman–Crippen LogP) is 8.48. The molecule has 1 aromatic rings. The summed E-state index contributed by atoms with van der Waals surface area (Å²) >= 11 is 0. The number of rotatable bonds is 6. The molecule has 1 aliphatic heterocycles. The molecule has 2 atom stereocenters. The lowest BCUT2D eigenvalue weighted by Gasteiger charge is -2.37. The molecule has 0 spiro atoms. The van der Waals surface area contributed by atoms with Crippen LogP contribution in [0.25, 0.3) is 0 Å². The monoisotopic (exact) mass is 513 g/mol. The molecule has 2 N–H and O–H groups in total. The summed E-state index contributed by atoms with van der Waals surface area (Å²) in [6, 6.07) is 0. The highest BCUT2D eigenvalue weighted by Crippen LogP contribution is 2.45. The Morgan fingerprint density at radius 1 is 1.16 bits per heavy atom. The Hall–Kier alpha value is -1.75. The van der Waals surface area contributed by atoms with Gasteiger partial charge >= 0.3 is 0 Å². The van der Waals surface area contributed by atoms with E-state index in [2.05, 4.69) is 60.3 Å². The number of aromatic nitrogens is 1. The maximum atomic E-state index is 11.4. The number of pyridine rings is 1. The van der Waals surface area contributed by atoms with Gasteiger partial charge in [0.05, 0.1) is 17.9 Å². The largest absolute Gasteiger partial charge is 0.388 e. The fraction of sp³-hybridized carbons (Fsp3) is 0.667. The lowest BCUT2D eigenvalue weighted by Crippen LogP contribution is -2.30. The fourth-order valence-corrected chi connectivity index (χ4v) is 5.37. The molecule has 1 fully saturated rings. The molecule has 4 heteroatoms. The van der Waals surface area contributed by atoms with Crippen LogP contribution in [0.2, 0.25) is 0 Å². The molecular formula is C33H55NO3. The van der Waals surface area contributed by atoms with Crippen molar-refractivity contribution in [2.45, 2.75) is 119 Å². The minimum atomic E-state index is -0.663. The molecule has 2 heterocycles. The normalized spacial score (nSPS) is 20.8. The van der Waals surface area contributed by atoms with Crippen molar-refractivity contribution in [3.63, 3.8) is 0 Å². The first kappa shape index (κ1) is 33.3. The van der Waals surface area contributed by atoms with Gasteiger partial charge in [0.15, 0.2) is 0 Å². The SMILES string of the molecule is C=C/C=C(\C=C/CC(O)c1c(C2CCOCC2)nc2c(c1C)C(O)CC(C)(C)C2)C(C)(C)C.CC.CC. The first-order chi connectivity index (χ1) is 17.4. The molecule has 0 amide bonds. The summed E-state index contributed by atoms with van der Waals surface area (Å²) in [7, 11) is 0. The van der Waals surface area contributed by atoms with E-state index in [-0.39, 0.29) is 16.7 Å². The number of aliphatic hydroxyl groups excluding tert-OH is 2. The second-order valence-corrected chi connectivity index (χ2v) is 11.6. The summed E-state index contributed by atoms with van der Waals surface area (Å²) in [4.78, 5) is 5.15. The minimum Gasteiger partial charge on any atom is -0.388 e. The molecule has 210 valence electrons. The van der Waals surface area contributed by atoms with Crippen LogP contribution in [0, 0.1) is 17.8 Å². The van der Waals surface area contributed by atoms with Crippen LogP contribution in [0.15, 0.2) is 36.5 Å². The van der Waals surface area contributed by atoms with Gasteiger partial charge in [-0.15, -0.1) is 0 Å². The predicted molar refractivity (Wildman–Crippen MR) is 158 cm³/mol. The lowest BCUT2D eigenvalue weighted by atomic mass is 9.72. The Morgan fingerprint density at radius 2 is 1.76 bits per heavy atom. The topological polar surface area (TPSA) is 62.6 Å². The van der Waals surface area contributed by atoms with Gasteiger partial charge in [-0.05, 0) is 61.0 Å². The highest BCUT2D eigenvalue weighted by Gasteiger charge is 2.36. The van der Waals surface area contributed by atoms with Gasteiger partial charge in [-0.2, -0.15) is 0 Å². The number of fused-ring (bicyclic) bond motifs is 1. The molecule has 2 aliphatic rings. The number of hydrogen-bond acceptors (Lipinski definition) is 4. The molecule has 3 rings (SSSR count). The number of nitrogens with zero attached hydrogens (tertiary/aromatic N) is 1. The second kappa shape index (κ2) is 15.0. The Bertz CT molecular complexity index is 914.